The van der Waals surface area contributed by atoms with Crippen LogP contribution >= 0.6 is 23.4 Å². The van der Waals surface area contributed by atoms with Crippen molar-refractivity contribution in [1.29, 1.82) is 0 Å². The third-order valence-corrected chi connectivity index (χ3v) is 4.33. The molecule has 18 heavy (non-hydrogen) atoms. The molecule has 0 atom stereocenters. The van der Waals surface area contributed by atoms with Crippen LogP contribution in [0.1, 0.15) is 19.8 Å². The van der Waals surface area contributed by atoms with E-state index in [4.69, 9.17) is 11.6 Å². The van der Waals surface area contributed by atoms with Crippen molar-refractivity contribution in [1.82, 2.24) is 4.98 Å². The molecule has 1 aromatic heterocycles. The number of hydrogen-bond donors (Lipinski definition) is 0. The van der Waals surface area contributed by atoms with E-state index in [9.17, 15) is 9.18 Å². The normalized spacial score (nSPS) is 16.9. The van der Waals surface area contributed by atoms with Gasteiger partial charge in [-0.25, -0.2) is 4.39 Å². The summed E-state index contributed by atoms with van der Waals surface area (Å²) in [4.78, 5) is 16.7. The first-order chi connectivity index (χ1) is 8.58. The first-order valence-corrected chi connectivity index (χ1v) is 7.05. The molecular weight excluding hydrogens is 275 g/mol. The highest BCUT2D eigenvalue weighted by Crippen LogP contribution is 2.32. The molecule has 0 spiro atoms. The SMILES string of the molecule is CC(=O)SC1CCN(c2c(F)cncc2Cl)CC1. The Bertz CT molecular complexity index is 429. The number of hydrogen-bond acceptors (Lipinski definition) is 4. The zero-order chi connectivity index (χ0) is 13.1. The second-order valence-corrected chi connectivity index (χ2v) is 6.13. The van der Waals surface area contributed by atoms with Crippen molar-refractivity contribution in [3.8, 4) is 0 Å². The van der Waals surface area contributed by atoms with Gasteiger partial charge in [0.25, 0.3) is 0 Å². The smallest absolute Gasteiger partial charge is 0.186 e. The fraction of sp³-hybridized carbons (Fsp3) is 0.500. The van der Waals surface area contributed by atoms with Crippen LogP contribution in [-0.4, -0.2) is 28.4 Å². The molecule has 1 saturated heterocycles. The Labute approximate surface area is 115 Å². The Kier molecular flexibility index (Phi) is 4.45. The van der Waals surface area contributed by atoms with Crippen LogP contribution in [0.3, 0.4) is 0 Å². The topological polar surface area (TPSA) is 33.2 Å². The first-order valence-electron chi connectivity index (χ1n) is 5.79. The number of aromatic nitrogens is 1. The first kappa shape index (κ1) is 13.6. The molecule has 1 aliphatic rings. The van der Waals surface area contributed by atoms with Gasteiger partial charge in [0.05, 0.1) is 16.9 Å². The van der Waals surface area contributed by atoms with E-state index < -0.39 is 0 Å². The molecule has 98 valence electrons. The fourth-order valence-electron chi connectivity index (χ4n) is 2.14. The summed E-state index contributed by atoms with van der Waals surface area (Å²) in [5, 5.41) is 0.816. The Balaban J connectivity index is 2.03. The molecule has 1 aromatic rings. The van der Waals surface area contributed by atoms with E-state index in [0.29, 0.717) is 29.0 Å². The van der Waals surface area contributed by atoms with Crippen LogP contribution in [0.15, 0.2) is 12.4 Å². The van der Waals surface area contributed by atoms with Crippen LogP contribution in [0.2, 0.25) is 5.02 Å². The summed E-state index contributed by atoms with van der Waals surface area (Å²) in [7, 11) is 0. The van der Waals surface area contributed by atoms with E-state index in [1.807, 2.05) is 4.90 Å². The molecular formula is C12H14ClFN2OS. The number of anilines is 1. The summed E-state index contributed by atoms with van der Waals surface area (Å²) >= 11 is 7.36. The van der Waals surface area contributed by atoms with E-state index in [2.05, 4.69) is 4.98 Å². The molecule has 0 radical (unpaired) electrons. The molecule has 0 aromatic carbocycles. The largest absolute Gasteiger partial charge is 0.368 e. The lowest BCUT2D eigenvalue weighted by Crippen LogP contribution is -2.35. The number of halogens is 2. The van der Waals surface area contributed by atoms with Gasteiger partial charge in [-0.3, -0.25) is 9.78 Å². The van der Waals surface area contributed by atoms with Gasteiger partial charge in [0.1, 0.15) is 0 Å². The van der Waals surface area contributed by atoms with Crippen LogP contribution in [0.4, 0.5) is 10.1 Å². The van der Waals surface area contributed by atoms with Gasteiger partial charge in [0.15, 0.2) is 10.9 Å². The summed E-state index contributed by atoms with van der Waals surface area (Å²) in [6.45, 7) is 3.01. The number of nitrogens with zero attached hydrogens (tertiary/aromatic N) is 2. The van der Waals surface area contributed by atoms with E-state index in [1.165, 1.54) is 24.2 Å². The number of thioether (sulfide) groups is 1. The monoisotopic (exact) mass is 288 g/mol. The summed E-state index contributed by atoms with van der Waals surface area (Å²) < 4.78 is 13.7. The van der Waals surface area contributed by atoms with E-state index in [1.54, 1.807) is 6.92 Å². The maximum atomic E-state index is 13.7. The highest BCUT2D eigenvalue weighted by Gasteiger charge is 2.24. The summed E-state index contributed by atoms with van der Waals surface area (Å²) in [5.41, 5.74) is 0.429. The van der Waals surface area contributed by atoms with E-state index >= 15 is 0 Å². The molecule has 0 unspecified atom stereocenters. The predicted molar refractivity (Wildman–Crippen MR) is 72.7 cm³/mol. The van der Waals surface area contributed by atoms with Gasteiger partial charge in [0, 0.05) is 31.5 Å². The van der Waals surface area contributed by atoms with Gasteiger partial charge in [-0.15, -0.1) is 0 Å². The molecule has 2 rings (SSSR count). The van der Waals surface area contributed by atoms with Crippen molar-refractivity contribution >= 4 is 34.2 Å². The molecule has 3 nitrogen and oxygen atoms in total. The summed E-state index contributed by atoms with van der Waals surface area (Å²) in [6, 6.07) is 0. The Hall–Kier alpha value is -0.810. The average Bonchev–Trinajstić information content (AvgIpc) is 2.30. The third kappa shape index (κ3) is 3.14. The van der Waals surface area contributed by atoms with Crippen LogP contribution in [0, 0.1) is 5.82 Å². The fourth-order valence-corrected chi connectivity index (χ4v) is 3.32. The van der Waals surface area contributed by atoms with Gasteiger partial charge >= 0.3 is 0 Å². The maximum absolute atomic E-state index is 13.7. The highest BCUT2D eigenvalue weighted by atomic mass is 35.5. The van der Waals surface area contributed by atoms with Crippen LogP contribution in [0.25, 0.3) is 0 Å². The number of pyridine rings is 1. The average molecular weight is 289 g/mol. The van der Waals surface area contributed by atoms with Crippen LogP contribution in [0.5, 0.6) is 0 Å². The molecule has 1 fully saturated rings. The Morgan fingerprint density at radius 3 is 2.72 bits per heavy atom. The molecule has 0 bridgehead atoms. The lowest BCUT2D eigenvalue weighted by molar-refractivity contribution is -0.109. The van der Waals surface area contributed by atoms with E-state index in [-0.39, 0.29) is 10.9 Å². The van der Waals surface area contributed by atoms with Crippen molar-refractivity contribution in [3.05, 3.63) is 23.2 Å². The third-order valence-electron chi connectivity index (χ3n) is 2.92. The zero-order valence-electron chi connectivity index (χ0n) is 10.0. The van der Waals surface area contributed by atoms with Crippen molar-refractivity contribution in [3.63, 3.8) is 0 Å². The minimum atomic E-state index is -0.389. The lowest BCUT2D eigenvalue weighted by atomic mass is 10.1. The minimum absolute atomic E-state index is 0.140. The van der Waals surface area contributed by atoms with Gasteiger partial charge < -0.3 is 4.90 Å². The molecule has 2 heterocycles. The summed E-state index contributed by atoms with van der Waals surface area (Å²) in [5.74, 6) is -0.389. The predicted octanol–water partition coefficient (Wildman–Crippen LogP) is 3.12. The molecule has 0 saturated carbocycles. The van der Waals surface area contributed by atoms with Gasteiger partial charge in [-0.1, -0.05) is 23.4 Å². The minimum Gasteiger partial charge on any atom is -0.368 e. The zero-order valence-corrected chi connectivity index (χ0v) is 11.6. The number of rotatable bonds is 2. The van der Waals surface area contributed by atoms with Crippen LogP contribution < -0.4 is 4.90 Å². The lowest BCUT2D eigenvalue weighted by Gasteiger charge is -2.33. The number of carbonyl (C=O) groups is 1. The molecule has 0 aliphatic carbocycles. The van der Waals surface area contributed by atoms with Crippen molar-refractivity contribution in [2.75, 3.05) is 18.0 Å². The van der Waals surface area contributed by atoms with Crippen molar-refractivity contribution < 1.29 is 9.18 Å². The van der Waals surface area contributed by atoms with Gasteiger partial charge in [-0.05, 0) is 12.8 Å². The summed E-state index contributed by atoms with van der Waals surface area (Å²) in [6.07, 6.45) is 4.36. The van der Waals surface area contributed by atoms with Crippen molar-refractivity contribution in [2.24, 2.45) is 0 Å². The second-order valence-electron chi connectivity index (χ2n) is 4.25. The number of carbonyl (C=O) groups excluding carboxylic acids is 1. The molecule has 1 aliphatic heterocycles. The maximum Gasteiger partial charge on any atom is 0.186 e. The highest BCUT2D eigenvalue weighted by molar-refractivity contribution is 8.14. The van der Waals surface area contributed by atoms with Gasteiger partial charge in [0.2, 0.25) is 0 Å². The standard InChI is InChI=1S/C12H14ClFN2OS/c1-8(17)18-9-2-4-16(5-3-9)12-10(13)6-15-7-11(12)14/h6-7,9H,2-5H2,1H3. The Morgan fingerprint density at radius 1 is 1.50 bits per heavy atom. The molecule has 0 N–H and O–H groups in total. The van der Waals surface area contributed by atoms with Crippen LogP contribution in [-0.2, 0) is 4.79 Å². The number of piperidine rings is 1. The molecule has 6 heteroatoms. The quantitative estimate of drug-likeness (QED) is 0.837. The van der Waals surface area contributed by atoms with E-state index in [0.717, 1.165) is 12.8 Å². The second kappa shape index (κ2) is 5.89. The molecule has 0 amide bonds. The van der Waals surface area contributed by atoms with Gasteiger partial charge in [-0.2, -0.15) is 0 Å². The van der Waals surface area contributed by atoms with Crippen molar-refractivity contribution in [2.45, 2.75) is 25.0 Å². The Morgan fingerprint density at radius 2 is 2.17 bits per heavy atom.